The van der Waals surface area contributed by atoms with Crippen LogP contribution in [0.15, 0.2) is 48.5 Å². The molecule has 2 aromatic rings. The number of carbonyl (C=O) groups excluding carboxylic acids is 2. The molecule has 2 aromatic carbocycles. The van der Waals surface area contributed by atoms with E-state index in [0.717, 1.165) is 0 Å². The number of rotatable bonds is 8. The van der Waals surface area contributed by atoms with Crippen LogP contribution in [0.25, 0.3) is 0 Å². The molecule has 0 unspecified atom stereocenters. The molecule has 144 valence electrons. The molecule has 0 heterocycles. The first-order chi connectivity index (χ1) is 12.9. The number of alkyl halides is 2. The van der Waals surface area contributed by atoms with Crippen LogP contribution in [0, 0.1) is 5.82 Å². The third-order valence-corrected chi connectivity index (χ3v) is 3.59. The zero-order valence-corrected chi connectivity index (χ0v) is 14.5. The molecule has 0 fully saturated rings. The lowest BCUT2D eigenvalue weighted by Crippen LogP contribution is -2.30. The molecule has 0 aliphatic carbocycles. The molecular weight excluding hydrogens is 363 g/mol. The standard InChI is InChI=1S/C19H18F3NO4/c1-12(26-17(24)11-10-13-6-2-3-7-14(13)20)18(25)23-15-8-4-5-9-16(15)27-19(21)22/h2-9,12,19H,10-11H2,1H3,(H,23,25)/t12-/m1/s1. The van der Waals surface area contributed by atoms with Crippen molar-refractivity contribution in [3.05, 3.63) is 59.9 Å². The highest BCUT2D eigenvalue weighted by Crippen LogP contribution is 2.25. The molecule has 1 amide bonds. The summed E-state index contributed by atoms with van der Waals surface area (Å²) in [5.74, 6) is -2.02. The topological polar surface area (TPSA) is 64.6 Å². The Morgan fingerprint density at radius 1 is 1.07 bits per heavy atom. The van der Waals surface area contributed by atoms with E-state index in [9.17, 15) is 22.8 Å². The minimum absolute atomic E-state index is 0.0251. The second-order valence-corrected chi connectivity index (χ2v) is 5.59. The maximum atomic E-state index is 13.5. The molecule has 1 N–H and O–H groups in total. The fourth-order valence-corrected chi connectivity index (χ4v) is 2.25. The summed E-state index contributed by atoms with van der Waals surface area (Å²) in [7, 11) is 0. The quantitative estimate of drug-likeness (QED) is 0.704. The van der Waals surface area contributed by atoms with Crippen molar-refractivity contribution in [2.75, 3.05) is 5.32 Å². The van der Waals surface area contributed by atoms with Crippen molar-refractivity contribution >= 4 is 17.6 Å². The lowest BCUT2D eigenvalue weighted by atomic mass is 10.1. The lowest BCUT2D eigenvalue weighted by molar-refractivity contribution is -0.153. The lowest BCUT2D eigenvalue weighted by Gasteiger charge is -2.15. The van der Waals surface area contributed by atoms with Gasteiger partial charge in [-0.1, -0.05) is 30.3 Å². The van der Waals surface area contributed by atoms with Crippen LogP contribution < -0.4 is 10.1 Å². The van der Waals surface area contributed by atoms with Crippen LogP contribution in [0.4, 0.5) is 18.9 Å². The summed E-state index contributed by atoms with van der Waals surface area (Å²) in [6, 6.07) is 11.7. The van der Waals surface area contributed by atoms with E-state index < -0.39 is 30.4 Å². The van der Waals surface area contributed by atoms with Crippen LogP contribution >= 0.6 is 0 Å². The third kappa shape index (κ3) is 6.32. The summed E-state index contributed by atoms with van der Waals surface area (Å²) in [5.41, 5.74) is 0.390. The number of para-hydroxylation sites is 2. The molecule has 0 saturated carbocycles. The Hall–Kier alpha value is -3.03. The van der Waals surface area contributed by atoms with Gasteiger partial charge < -0.3 is 14.8 Å². The van der Waals surface area contributed by atoms with E-state index in [-0.39, 0.29) is 24.3 Å². The van der Waals surface area contributed by atoms with Crippen molar-refractivity contribution in [3.63, 3.8) is 0 Å². The molecule has 0 aromatic heterocycles. The van der Waals surface area contributed by atoms with Crippen molar-refractivity contribution in [1.29, 1.82) is 0 Å². The summed E-state index contributed by atoms with van der Waals surface area (Å²) in [6.07, 6.45) is -1.15. The molecule has 0 bridgehead atoms. The highest BCUT2D eigenvalue weighted by atomic mass is 19.3. The molecule has 8 heteroatoms. The summed E-state index contributed by atoms with van der Waals surface area (Å²) >= 11 is 0. The van der Waals surface area contributed by atoms with E-state index in [1.807, 2.05) is 0 Å². The molecule has 1 atom stereocenters. The van der Waals surface area contributed by atoms with Crippen LogP contribution in [0.1, 0.15) is 18.9 Å². The van der Waals surface area contributed by atoms with Crippen LogP contribution in [0.3, 0.4) is 0 Å². The number of esters is 1. The fraction of sp³-hybridized carbons (Fsp3) is 0.263. The van der Waals surface area contributed by atoms with Gasteiger partial charge in [0, 0.05) is 6.42 Å². The molecule has 0 aliphatic rings. The van der Waals surface area contributed by atoms with Gasteiger partial charge in [0.1, 0.15) is 11.6 Å². The van der Waals surface area contributed by atoms with Crippen LogP contribution in [0.2, 0.25) is 0 Å². The van der Waals surface area contributed by atoms with Crippen molar-refractivity contribution in [2.45, 2.75) is 32.5 Å². The molecule has 27 heavy (non-hydrogen) atoms. The Kier molecular flexibility index (Phi) is 7.22. The van der Waals surface area contributed by atoms with Gasteiger partial charge in [-0.3, -0.25) is 9.59 Å². The number of nitrogens with one attached hydrogen (secondary N) is 1. The Balaban J connectivity index is 1.88. The maximum Gasteiger partial charge on any atom is 0.387 e. The largest absolute Gasteiger partial charge is 0.453 e. The predicted octanol–water partition coefficient (Wildman–Crippen LogP) is 3.93. The molecule has 2 rings (SSSR count). The Morgan fingerprint density at radius 2 is 1.74 bits per heavy atom. The first-order valence-corrected chi connectivity index (χ1v) is 8.14. The second kappa shape index (κ2) is 9.61. The molecule has 0 saturated heterocycles. The van der Waals surface area contributed by atoms with E-state index >= 15 is 0 Å². The van der Waals surface area contributed by atoms with Crippen molar-refractivity contribution < 1.29 is 32.2 Å². The fourth-order valence-electron chi connectivity index (χ4n) is 2.25. The Labute approximate surface area is 154 Å². The summed E-state index contributed by atoms with van der Waals surface area (Å²) in [6.45, 7) is -1.70. The molecule has 5 nitrogen and oxygen atoms in total. The average Bonchev–Trinajstić information content (AvgIpc) is 2.62. The van der Waals surface area contributed by atoms with E-state index in [1.165, 1.54) is 37.3 Å². The third-order valence-electron chi connectivity index (χ3n) is 3.59. The highest BCUT2D eigenvalue weighted by Gasteiger charge is 2.20. The van der Waals surface area contributed by atoms with Gasteiger partial charge in [0.05, 0.1) is 5.69 Å². The van der Waals surface area contributed by atoms with Gasteiger partial charge in [-0.2, -0.15) is 8.78 Å². The summed E-state index contributed by atoms with van der Waals surface area (Å²) in [5, 5.41) is 2.37. The van der Waals surface area contributed by atoms with Crippen LogP contribution in [-0.2, 0) is 20.7 Å². The molecular formula is C19H18F3NO4. The first kappa shape index (κ1) is 20.3. The SMILES string of the molecule is C[C@@H](OC(=O)CCc1ccccc1F)C(=O)Nc1ccccc1OC(F)F. The van der Waals surface area contributed by atoms with Gasteiger partial charge in [0.25, 0.3) is 5.91 Å². The van der Waals surface area contributed by atoms with E-state index in [1.54, 1.807) is 18.2 Å². The summed E-state index contributed by atoms with van der Waals surface area (Å²) < 4.78 is 47.6. The van der Waals surface area contributed by atoms with Crippen LogP contribution in [-0.4, -0.2) is 24.6 Å². The van der Waals surface area contributed by atoms with Crippen molar-refractivity contribution in [2.24, 2.45) is 0 Å². The normalized spacial score (nSPS) is 11.7. The minimum atomic E-state index is -3.04. The number of carbonyl (C=O) groups is 2. The van der Waals surface area contributed by atoms with Gasteiger partial charge in [-0.25, -0.2) is 4.39 Å². The number of halogens is 3. The minimum Gasteiger partial charge on any atom is -0.453 e. The Bertz CT molecular complexity index is 798. The number of anilines is 1. The first-order valence-electron chi connectivity index (χ1n) is 8.14. The van der Waals surface area contributed by atoms with Gasteiger partial charge in [0.2, 0.25) is 0 Å². The number of aryl methyl sites for hydroxylation is 1. The monoisotopic (exact) mass is 381 g/mol. The van der Waals surface area contributed by atoms with Gasteiger partial charge >= 0.3 is 12.6 Å². The highest BCUT2D eigenvalue weighted by molar-refractivity contribution is 5.96. The Morgan fingerprint density at radius 3 is 2.44 bits per heavy atom. The number of amides is 1. The number of hydrogen-bond donors (Lipinski definition) is 1. The van der Waals surface area contributed by atoms with Gasteiger partial charge in [-0.15, -0.1) is 0 Å². The zero-order valence-electron chi connectivity index (χ0n) is 14.5. The van der Waals surface area contributed by atoms with Crippen molar-refractivity contribution in [1.82, 2.24) is 0 Å². The van der Waals surface area contributed by atoms with Crippen LogP contribution in [0.5, 0.6) is 5.75 Å². The number of hydrogen-bond acceptors (Lipinski definition) is 4. The van der Waals surface area contributed by atoms with Gasteiger partial charge in [-0.05, 0) is 37.1 Å². The molecule has 0 spiro atoms. The van der Waals surface area contributed by atoms with Crippen molar-refractivity contribution in [3.8, 4) is 5.75 Å². The second-order valence-electron chi connectivity index (χ2n) is 5.59. The van der Waals surface area contributed by atoms with E-state index in [2.05, 4.69) is 10.1 Å². The zero-order chi connectivity index (χ0) is 19.8. The maximum absolute atomic E-state index is 13.5. The smallest absolute Gasteiger partial charge is 0.387 e. The van der Waals surface area contributed by atoms with E-state index in [4.69, 9.17) is 4.74 Å². The number of ether oxygens (including phenoxy) is 2. The summed E-state index contributed by atoms with van der Waals surface area (Å²) in [4.78, 5) is 24.0. The van der Waals surface area contributed by atoms with E-state index in [0.29, 0.717) is 5.56 Å². The molecule has 0 aliphatic heterocycles. The van der Waals surface area contributed by atoms with Gasteiger partial charge in [0.15, 0.2) is 6.10 Å². The average molecular weight is 381 g/mol. The predicted molar refractivity (Wildman–Crippen MR) is 92.0 cm³/mol. The number of benzene rings is 2. The molecule has 0 radical (unpaired) electrons.